The van der Waals surface area contributed by atoms with E-state index >= 15 is 0 Å². The number of methoxy groups -OCH3 is 1. The van der Waals surface area contributed by atoms with Crippen LogP contribution in [0.15, 0.2) is 0 Å². The summed E-state index contributed by atoms with van der Waals surface area (Å²) in [7, 11) is 1.65. The summed E-state index contributed by atoms with van der Waals surface area (Å²) >= 11 is 0. The van der Waals surface area contributed by atoms with Gasteiger partial charge in [0, 0.05) is 7.11 Å². The zero-order valence-corrected chi connectivity index (χ0v) is 12.0. The summed E-state index contributed by atoms with van der Waals surface area (Å²) in [4.78, 5) is 0. The average molecular weight is 274 g/mol. The maximum Gasteiger partial charge on any atom is 0.190 e. The van der Waals surface area contributed by atoms with Gasteiger partial charge in [-0.1, -0.05) is 0 Å². The van der Waals surface area contributed by atoms with Crippen LogP contribution < -0.4 is 0 Å². The van der Waals surface area contributed by atoms with Crippen LogP contribution >= 0.6 is 0 Å². The summed E-state index contributed by atoms with van der Waals surface area (Å²) < 4.78 is 34.5. The number of ether oxygens (including phenoxy) is 6. The van der Waals surface area contributed by atoms with Gasteiger partial charge in [-0.05, 0) is 27.7 Å². The molecule has 0 aromatic rings. The number of fused-ring (bicyclic) bond motifs is 1. The Hall–Kier alpha value is -0.240. The van der Waals surface area contributed by atoms with Crippen molar-refractivity contribution in [2.75, 3.05) is 13.7 Å². The average Bonchev–Trinajstić information content (AvgIpc) is 2.87. The molecule has 3 heterocycles. The van der Waals surface area contributed by atoms with E-state index in [0.717, 1.165) is 0 Å². The Morgan fingerprint density at radius 2 is 1.68 bits per heavy atom. The van der Waals surface area contributed by atoms with E-state index in [-0.39, 0.29) is 24.4 Å². The largest absolute Gasteiger partial charge is 0.376 e. The summed E-state index contributed by atoms with van der Waals surface area (Å²) in [5.41, 5.74) is 0. The van der Waals surface area contributed by atoms with Gasteiger partial charge in [-0.2, -0.15) is 0 Å². The molecule has 0 aromatic carbocycles. The van der Waals surface area contributed by atoms with Crippen LogP contribution in [0.1, 0.15) is 27.7 Å². The zero-order chi connectivity index (χ0) is 13.8. The normalized spacial score (nSPS) is 47.5. The molecule has 0 radical (unpaired) electrons. The third-order valence-corrected chi connectivity index (χ3v) is 3.70. The molecule has 19 heavy (non-hydrogen) atoms. The molecule has 0 spiro atoms. The van der Waals surface area contributed by atoms with Gasteiger partial charge in [-0.25, -0.2) is 0 Å². The molecule has 3 aliphatic heterocycles. The molecule has 0 amide bonds. The molecule has 110 valence electrons. The van der Waals surface area contributed by atoms with Crippen molar-refractivity contribution in [1.82, 2.24) is 0 Å². The molecule has 0 aliphatic carbocycles. The van der Waals surface area contributed by atoms with Gasteiger partial charge in [0.15, 0.2) is 17.9 Å². The van der Waals surface area contributed by atoms with Crippen LogP contribution in [-0.4, -0.2) is 56.0 Å². The highest BCUT2D eigenvalue weighted by Crippen LogP contribution is 2.41. The third kappa shape index (κ3) is 2.41. The lowest BCUT2D eigenvalue weighted by atomic mass is 10.1. The minimum atomic E-state index is -0.636. The van der Waals surface area contributed by atoms with E-state index in [2.05, 4.69) is 0 Å². The van der Waals surface area contributed by atoms with Crippen LogP contribution in [0.5, 0.6) is 0 Å². The zero-order valence-electron chi connectivity index (χ0n) is 12.0. The van der Waals surface area contributed by atoms with Crippen LogP contribution in [0.4, 0.5) is 0 Å². The Bertz CT molecular complexity index is 355. The van der Waals surface area contributed by atoms with E-state index < -0.39 is 17.9 Å². The van der Waals surface area contributed by atoms with Crippen molar-refractivity contribution in [3.63, 3.8) is 0 Å². The molecule has 6 nitrogen and oxygen atoms in total. The lowest BCUT2D eigenvalue weighted by Gasteiger charge is -2.28. The first-order valence-corrected chi connectivity index (χ1v) is 6.67. The molecular formula is C13H22O6. The van der Waals surface area contributed by atoms with E-state index in [4.69, 9.17) is 28.4 Å². The van der Waals surface area contributed by atoms with Gasteiger partial charge in [0.25, 0.3) is 0 Å². The maximum atomic E-state index is 5.92. The van der Waals surface area contributed by atoms with Crippen molar-refractivity contribution < 1.29 is 28.4 Å². The summed E-state index contributed by atoms with van der Waals surface area (Å²) in [5.74, 6) is -1.21. The van der Waals surface area contributed by atoms with Gasteiger partial charge in [0.2, 0.25) is 0 Å². The van der Waals surface area contributed by atoms with E-state index in [9.17, 15) is 0 Å². The summed E-state index contributed by atoms with van der Waals surface area (Å²) in [5, 5.41) is 0. The smallest absolute Gasteiger partial charge is 0.190 e. The molecule has 6 heteroatoms. The molecule has 0 bridgehead atoms. The van der Waals surface area contributed by atoms with E-state index in [0.29, 0.717) is 6.61 Å². The lowest BCUT2D eigenvalue weighted by molar-refractivity contribution is -0.234. The highest BCUT2D eigenvalue weighted by molar-refractivity contribution is 4.98. The van der Waals surface area contributed by atoms with Gasteiger partial charge in [0.05, 0.1) is 6.61 Å². The highest BCUT2D eigenvalue weighted by Gasteiger charge is 2.58. The van der Waals surface area contributed by atoms with Crippen molar-refractivity contribution in [1.29, 1.82) is 0 Å². The van der Waals surface area contributed by atoms with Crippen LogP contribution in [-0.2, 0) is 28.4 Å². The molecule has 5 atom stereocenters. The molecule has 0 saturated carbocycles. The summed E-state index contributed by atoms with van der Waals surface area (Å²) in [6.07, 6.45) is -1.25. The standard InChI is InChI=1S/C13H22O6/c1-12(2)15-6-7(17-12)8-9(14-5)10-11(16-8)19-13(3,4)18-10/h7-11H,6H2,1-5H3/t7?,8-,9-,10-,11?/m1/s1. The van der Waals surface area contributed by atoms with Crippen LogP contribution in [0.25, 0.3) is 0 Å². The summed E-state index contributed by atoms with van der Waals surface area (Å²) in [6.45, 7) is 8.01. The second-order valence-corrected chi connectivity index (χ2v) is 6.14. The van der Waals surface area contributed by atoms with Gasteiger partial charge < -0.3 is 28.4 Å². The SMILES string of the molecule is CO[C@@H]1[C@@H](C2COC(C)(C)O2)OC2OC(C)(C)O[C@@H]21. The Kier molecular flexibility index (Phi) is 3.16. The van der Waals surface area contributed by atoms with Crippen LogP contribution in [0.2, 0.25) is 0 Å². The van der Waals surface area contributed by atoms with Gasteiger partial charge in [-0.15, -0.1) is 0 Å². The first-order valence-electron chi connectivity index (χ1n) is 6.67. The minimum absolute atomic E-state index is 0.166. The fraction of sp³-hybridized carbons (Fsp3) is 1.00. The summed E-state index contributed by atoms with van der Waals surface area (Å²) in [6, 6.07) is 0. The fourth-order valence-electron chi connectivity index (χ4n) is 2.95. The van der Waals surface area contributed by atoms with Crippen LogP contribution in [0.3, 0.4) is 0 Å². The van der Waals surface area contributed by atoms with E-state index in [1.807, 2.05) is 27.7 Å². The van der Waals surface area contributed by atoms with Crippen LogP contribution in [0, 0.1) is 0 Å². The van der Waals surface area contributed by atoms with E-state index in [1.165, 1.54) is 0 Å². The Balaban J connectivity index is 1.72. The number of hydrogen-bond donors (Lipinski definition) is 0. The molecule has 2 unspecified atom stereocenters. The molecule has 0 aromatic heterocycles. The number of hydrogen-bond acceptors (Lipinski definition) is 6. The van der Waals surface area contributed by atoms with Crippen molar-refractivity contribution in [2.24, 2.45) is 0 Å². The van der Waals surface area contributed by atoms with E-state index in [1.54, 1.807) is 7.11 Å². The third-order valence-electron chi connectivity index (χ3n) is 3.70. The lowest BCUT2D eigenvalue weighted by Crippen LogP contribution is -2.43. The second kappa shape index (κ2) is 4.38. The molecule has 3 saturated heterocycles. The predicted octanol–water partition coefficient (Wildman–Crippen LogP) is 1.03. The molecule has 3 fully saturated rings. The fourth-order valence-corrected chi connectivity index (χ4v) is 2.95. The Labute approximate surface area is 113 Å². The number of rotatable bonds is 2. The topological polar surface area (TPSA) is 55.4 Å². The van der Waals surface area contributed by atoms with Crippen molar-refractivity contribution >= 4 is 0 Å². The molecule has 3 rings (SSSR count). The Morgan fingerprint density at radius 3 is 2.26 bits per heavy atom. The minimum Gasteiger partial charge on any atom is -0.376 e. The molecular weight excluding hydrogens is 252 g/mol. The molecule has 3 aliphatic rings. The van der Waals surface area contributed by atoms with Crippen molar-refractivity contribution in [3.05, 3.63) is 0 Å². The highest BCUT2D eigenvalue weighted by atomic mass is 16.8. The maximum absolute atomic E-state index is 5.92. The molecule has 0 N–H and O–H groups in total. The Morgan fingerprint density at radius 1 is 0.947 bits per heavy atom. The quantitative estimate of drug-likeness (QED) is 0.749. The van der Waals surface area contributed by atoms with Crippen molar-refractivity contribution in [2.45, 2.75) is 70.0 Å². The predicted molar refractivity (Wildman–Crippen MR) is 64.4 cm³/mol. The van der Waals surface area contributed by atoms with Crippen molar-refractivity contribution in [3.8, 4) is 0 Å². The first-order chi connectivity index (χ1) is 8.81. The first kappa shape index (κ1) is 13.7. The van der Waals surface area contributed by atoms with Gasteiger partial charge >= 0.3 is 0 Å². The monoisotopic (exact) mass is 274 g/mol. The van der Waals surface area contributed by atoms with Gasteiger partial charge in [-0.3, -0.25) is 0 Å². The second-order valence-electron chi connectivity index (χ2n) is 6.14. The van der Waals surface area contributed by atoms with Gasteiger partial charge in [0.1, 0.15) is 24.4 Å².